The van der Waals surface area contributed by atoms with Gasteiger partial charge in [0.15, 0.2) is 4.96 Å². The number of nitrogens with one attached hydrogen (secondary N) is 1. The van der Waals surface area contributed by atoms with Crippen LogP contribution in [0.1, 0.15) is 15.4 Å². The zero-order valence-electron chi connectivity index (χ0n) is 15.2. The Morgan fingerprint density at radius 2 is 1.93 bits per heavy atom. The smallest absolute Gasteiger partial charge is 0.263 e. The van der Waals surface area contributed by atoms with Gasteiger partial charge in [0.05, 0.1) is 12.2 Å². The van der Waals surface area contributed by atoms with Crippen molar-refractivity contribution in [3.8, 4) is 17.0 Å². The normalized spacial score (nSPS) is 10.9. The number of rotatable bonds is 6. The highest BCUT2D eigenvalue weighted by Gasteiger charge is 2.17. The minimum atomic E-state index is -0.281. The van der Waals surface area contributed by atoms with Gasteiger partial charge in [0.25, 0.3) is 5.91 Å². The van der Waals surface area contributed by atoms with Gasteiger partial charge < -0.3 is 10.1 Å². The number of carbonyl (C=O) groups is 1. The number of thiazole rings is 1. The molecule has 0 aliphatic heterocycles. The van der Waals surface area contributed by atoms with Gasteiger partial charge in [-0.1, -0.05) is 29.5 Å². The summed E-state index contributed by atoms with van der Waals surface area (Å²) in [6.45, 7) is 2.69. The number of carbonyl (C=O) groups excluding carboxylic acids is 1. The summed E-state index contributed by atoms with van der Waals surface area (Å²) in [6, 6.07) is 15.7. The van der Waals surface area contributed by atoms with Gasteiger partial charge in [0.2, 0.25) is 0 Å². The second-order valence-electron chi connectivity index (χ2n) is 6.22. The fourth-order valence-electron chi connectivity index (χ4n) is 2.85. The quantitative estimate of drug-likeness (QED) is 0.495. The van der Waals surface area contributed by atoms with E-state index in [1.54, 1.807) is 12.1 Å². The highest BCUT2D eigenvalue weighted by atomic mass is 32.1. The van der Waals surface area contributed by atoms with Gasteiger partial charge in [-0.15, -0.1) is 0 Å². The van der Waals surface area contributed by atoms with E-state index in [2.05, 4.69) is 10.3 Å². The minimum absolute atomic E-state index is 0.145. The largest absolute Gasteiger partial charge is 0.492 e. The lowest BCUT2D eigenvalue weighted by Gasteiger charge is -2.07. The first-order chi connectivity index (χ1) is 13.6. The molecule has 4 rings (SSSR count). The molecule has 2 aromatic heterocycles. The first-order valence-corrected chi connectivity index (χ1v) is 9.64. The Bertz CT molecular complexity index is 1100. The molecule has 0 saturated heterocycles. The van der Waals surface area contributed by atoms with Crippen LogP contribution in [0.25, 0.3) is 16.2 Å². The fourth-order valence-corrected chi connectivity index (χ4v) is 3.88. The highest BCUT2D eigenvalue weighted by Crippen LogP contribution is 2.27. The van der Waals surface area contributed by atoms with E-state index in [0.29, 0.717) is 18.0 Å². The van der Waals surface area contributed by atoms with Crippen molar-refractivity contribution in [1.82, 2.24) is 14.7 Å². The first kappa shape index (κ1) is 18.2. The average Bonchev–Trinajstić information content (AvgIpc) is 3.26. The Morgan fingerprint density at radius 1 is 1.18 bits per heavy atom. The molecule has 0 aliphatic carbocycles. The Balaban J connectivity index is 1.42. The monoisotopic (exact) mass is 395 g/mol. The van der Waals surface area contributed by atoms with Crippen molar-refractivity contribution < 1.29 is 13.9 Å². The number of halogens is 1. The number of aromatic nitrogens is 2. The van der Waals surface area contributed by atoms with Crippen molar-refractivity contribution >= 4 is 22.2 Å². The van der Waals surface area contributed by atoms with Crippen LogP contribution in [0.3, 0.4) is 0 Å². The number of amides is 1. The lowest BCUT2D eigenvalue weighted by Crippen LogP contribution is -2.28. The topological polar surface area (TPSA) is 55.6 Å². The van der Waals surface area contributed by atoms with Crippen LogP contribution < -0.4 is 10.1 Å². The zero-order chi connectivity index (χ0) is 19.5. The molecule has 0 bridgehead atoms. The highest BCUT2D eigenvalue weighted by molar-refractivity contribution is 7.19. The summed E-state index contributed by atoms with van der Waals surface area (Å²) in [4.78, 5) is 18.4. The van der Waals surface area contributed by atoms with Crippen molar-refractivity contribution in [3.05, 3.63) is 77.2 Å². The second kappa shape index (κ2) is 7.82. The second-order valence-corrected chi connectivity index (χ2v) is 7.20. The summed E-state index contributed by atoms with van der Waals surface area (Å²) in [5, 5.41) is 2.88. The molecule has 0 fully saturated rings. The third kappa shape index (κ3) is 3.75. The van der Waals surface area contributed by atoms with Crippen LogP contribution in [-0.2, 0) is 0 Å². The number of benzene rings is 2. The molecule has 28 heavy (non-hydrogen) atoms. The zero-order valence-corrected chi connectivity index (χ0v) is 16.0. The Hall–Kier alpha value is -3.19. The third-order valence-electron chi connectivity index (χ3n) is 4.30. The molecule has 7 heteroatoms. The number of imidazole rings is 1. The number of hydrogen-bond donors (Lipinski definition) is 1. The maximum absolute atomic E-state index is 13.1. The molecule has 4 aromatic rings. The molecular formula is C21H18FN3O2S. The van der Waals surface area contributed by atoms with Crippen molar-refractivity contribution in [3.63, 3.8) is 0 Å². The lowest BCUT2D eigenvalue weighted by molar-refractivity contribution is 0.0950. The number of aryl methyl sites for hydroxylation is 1. The molecule has 2 heterocycles. The van der Waals surface area contributed by atoms with E-state index in [1.807, 2.05) is 47.9 Å². The molecule has 5 nitrogen and oxygen atoms in total. The van der Waals surface area contributed by atoms with Crippen LogP contribution in [-0.4, -0.2) is 28.4 Å². The Kier molecular flexibility index (Phi) is 5.08. The van der Waals surface area contributed by atoms with Crippen LogP contribution in [0.2, 0.25) is 0 Å². The maximum Gasteiger partial charge on any atom is 0.263 e. The number of para-hydroxylation sites is 1. The van der Waals surface area contributed by atoms with Crippen molar-refractivity contribution in [2.45, 2.75) is 6.92 Å². The predicted octanol–water partition coefficient (Wildman–Crippen LogP) is 4.32. The molecule has 1 N–H and O–H groups in total. The van der Waals surface area contributed by atoms with Crippen LogP contribution in [0.4, 0.5) is 4.39 Å². The van der Waals surface area contributed by atoms with Crippen LogP contribution in [0.5, 0.6) is 5.75 Å². The molecule has 0 saturated carbocycles. The van der Waals surface area contributed by atoms with Gasteiger partial charge in [0.1, 0.15) is 23.1 Å². The van der Waals surface area contributed by atoms with E-state index >= 15 is 0 Å². The molecule has 0 radical (unpaired) electrons. The van der Waals surface area contributed by atoms with E-state index in [0.717, 1.165) is 27.7 Å². The molecule has 0 atom stereocenters. The number of hydrogen-bond acceptors (Lipinski definition) is 4. The Morgan fingerprint density at radius 3 is 2.64 bits per heavy atom. The summed E-state index contributed by atoms with van der Waals surface area (Å²) in [5.74, 6) is 0.347. The number of ether oxygens (including phenoxy) is 1. The summed E-state index contributed by atoms with van der Waals surface area (Å²) in [6.07, 6.45) is 1.86. The molecule has 0 spiro atoms. The van der Waals surface area contributed by atoms with Crippen LogP contribution in [0.15, 0.2) is 60.8 Å². The van der Waals surface area contributed by atoms with Gasteiger partial charge >= 0.3 is 0 Å². The summed E-state index contributed by atoms with van der Waals surface area (Å²) >= 11 is 1.33. The van der Waals surface area contributed by atoms with Crippen LogP contribution in [0, 0.1) is 12.7 Å². The van der Waals surface area contributed by atoms with E-state index in [-0.39, 0.29) is 11.7 Å². The van der Waals surface area contributed by atoms with E-state index < -0.39 is 0 Å². The van der Waals surface area contributed by atoms with Gasteiger partial charge in [-0.25, -0.2) is 9.37 Å². The molecule has 1 amide bonds. The molecule has 0 aliphatic rings. The number of fused-ring (bicyclic) bond motifs is 1. The fraction of sp³-hybridized carbons (Fsp3) is 0.143. The average molecular weight is 395 g/mol. The van der Waals surface area contributed by atoms with Gasteiger partial charge in [-0.2, -0.15) is 0 Å². The van der Waals surface area contributed by atoms with Gasteiger partial charge in [-0.05, 0) is 43.3 Å². The van der Waals surface area contributed by atoms with Crippen molar-refractivity contribution in [2.24, 2.45) is 0 Å². The molecule has 0 unspecified atom stereocenters. The van der Waals surface area contributed by atoms with Crippen molar-refractivity contribution in [2.75, 3.05) is 13.2 Å². The summed E-state index contributed by atoms with van der Waals surface area (Å²) < 4.78 is 20.6. The Labute approximate surface area is 165 Å². The number of nitrogens with zero attached hydrogens (tertiary/aromatic N) is 2. The summed E-state index contributed by atoms with van der Waals surface area (Å²) in [7, 11) is 0. The standard InChI is InChI=1S/C21H18FN3O2S/c1-14-19(20(26)23-11-12-27-17-5-3-2-4-6-17)28-21-24-18(13-25(14)21)15-7-9-16(22)10-8-15/h2-10,13H,11-12H2,1H3,(H,23,26). The predicted molar refractivity (Wildman–Crippen MR) is 107 cm³/mol. The van der Waals surface area contributed by atoms with Gasteiger partial charge in [-0.3, -0.25) is 9.20 Å². The lowest BCUT2D eigenvalue weighted by atomic mass is 10.2. The first-order valence-electron chi connectivity index (χ1n) is 8.82. The molecule has 2 aromatic carbocycles. The SMILES string of the molecule is Cc1c(C(=O)NCCOc2ccccc2)sc2nc(-c3ccc(F)cc3)cn12. The van der Waals surface area contributed by atoms with E-state index in [4.69, 9.17) is 4.74 Å². The maximum atomic E-state index is 13.1. The van der Waals surface area contributed by atoms with E-state index in [9.17, 15) is 9.18 Å². The van der Waals surface area contributed by atoms with E-state index in [1.165, 1.54) is 23.5 Å². The summed E-state index contributed by atoms with van der Waals surface area (Å²) in [5.41, 5.74) is 2.40. The van der Waals surface area contributed by atoms with Gasteiger partial charge in [0, 0.05) is 17.5 Å². The molecular weight excluding hydrogens is 377 g/mol. The molecule has 142 valence electrons. The van der Waals surface area contributed by atoms with Crippen molar-refractivity contribution in [1.29, 1.82) is 0 Å². The van der Waals surface area contributed by atoms with Crippen LogP contribution >= 0.6 is 11.3 Å². The minimum Gasteiger partial charge on any atom is -0.492 e. The third-order valence-corrected chi connectivity index (χ3v) is 5.46.